The van der Waals surface area contributed by atoms with Gasteiger partial charge in [0.25, 0.3) is 0 Å². The quantitative estimate of drug-likeness (QED) is 0.866. The van der Waals surface area contributed by atoms with Crippen LogP contribution in [0.25, 0.3) is 0 Å². The molecule has 7 heteroatoms. The average Bonchev–Trinajstić information content (AvgIpc) is 2.56. The van der Waals surface area contributed by atoms with Crippen molar-refractivity contribution in [3.63, 3.8) is 0 Å². The summed E-state index contributed by atoms with van der Waals surface area (Å²) in [5.74, 6) is -2.47. The van der Waals surface area contributed by atoms with Crippen molar-refractivity contribution < 1.29 is 23.1 Å². The van der Waals surface area contributed by atoms with Gasteiger partial charge in [-0.05, 0) is 24.8 Å². The molecule has 2 rings (SSSR count). The van der Waals surface area contributed by atoms with Crippen molar-refractivity contribution in [1.29, 1.82) is 0 Å². The number of methoxy groups -OCH3 is 1. The van der Waals surface area contributed by atoms with E-state index >= 15 is 0 Å². The Morgan fingerprint density at radius 3 is 2.74 bits per heavy atom. The molecule has 1 heterocycles. The summed E-state index contributed by atoms with van der Waals surface area (Å²) in [6.45, 7) is 3.26. The number of halogens is 2. The van der Waals surface area contributed by atoms with Crippen LogP contribution in [0.3, 0.4) is 0 Å². The van der Waals surface area contributed by atoms with Gasteiger partial charge in [0.2, 0.25) is 0 Å². The van der Waals surface area contributed by atoms with Crippen molar-refractivity contribution in [1.82, 2.24) is 4.90 Å². The van der Waals surface area contributed by atoms with Crippen LogP contribution < -0.4 is 5.32 Å². The van der Waals surface area contributed by atoms with E-state index < -0.39 is 29.2 Å². The molecule has 1 saturated heterocycles. The van der Waals surface area contributed by atoms with Crippen molar-refractivity contribution in [3.8, 4) is 0 Å². The molecule has 0 spiro atoms. The average molecular weight is 326 g/mol. The normalized spacial score (nSPS) is 17.7. The molecule has 0 aromatic heterocycles. The smallest absolute Gasteiger partial charge is 0.340 e. The fourth-order valence-electron chi connectivity index (χ4n) is 2.69. The van der Waals surface area contributed by atoms with E-state index in [0.717, 1.165) is 32.4 Å². The number of likely N-dealkylation sites (tertiary alicyclic amines) is 1. The molecule has 0 bridgehead atoms. The van der Waals surface area contributed by atoms with Crippen LogP contribution in [0.5, 0.6) is 0 Å². The van der Waals surface area contributed by atoms with Crippen molar-refractivity contribution in [2.45, 2.75) is 26.2 Å². The Balaban J connectivity index is 2.15. The number of carbonyl (C=O) groups excluding carboxylic acids is 2. The molecule has 0 saturated carbocycles. The number of esters is 1. The van der Waals surface area contributed by atoms with Gasteiger partial charge >= 0.3 is 12.0 Å². The van der Waals surface area contributed by atoms with Gasteiger partial charge in [-0.2, -0.15) is 0 Å². The Bertz CT molecular complexity index is 607. The van der Waals surface area contributed by atoms with E-state index in [1.165, 1.54) is 0 Å². The molecule has 126 valence electrons. The summed E-state index contributed by atoms with van der Waals surface area (Å²) in [6.07, 6.45) is 2.93. The highest BCUT2D eigenvalue weighted by atomic mass is 19.1. The second kappa shape index (κ2) is 7.39. The van der Waals surface area contributed by atoms with Gasteiger partial charge in [-0.3, -0.25) is 0 Å². The zero-order valence-electron chi connectivity index (χ0n) is 13.2. The van der Waals surface area contributed by atoms with Crippen LogP contribution in [0.15, 0.2) is 12.1 Å². The minimum absolute atomic E-state index is 0.240. The fraction of sp³-hybridized carbons (Fsp3) is 0.500. The van der Waals surface area contributed by atoms with Gasteiger partial charge < -0.3 is 15.0 Å². The lowest BCUT2D eigenvalue weighted by atomic mass is 9.96. The van der Waals surface area contributed by atoms with Gasteiger partial charge in [0, 0.05) is 19.2 Å². The Morgan fingerprint density at radius 2 is 2.09 bits per heavy atom. The second-order valence-corrected chi connectivity index (χ2v) is 5.60. The van der Waals surface area contributed by atoms with Crippen molar-refractivity contribution in [3.05, 3.63) is 29.3 Å². The molecule has 1 fully saturated rings. The summed E-state index contributed by atoms with van der Waals surface area (Å²) < 4.78 is 31.9. The molecule has 1 aliphatic rings. The van der Waals surface area contributed by atoms with Crippen molar-refractivity contribution in [2.75, 3.05) is 25.5 Å². The molecule has 1 aliphatic heterocycles. The first-order chi connectivity index (χ1) is 11.0. The van der Waals surface area contributed by atoms with E-state index in [2.05, 4.69) is 17.0 Å². The first kappa shape index (κ1) is 17.2. The predicted octanol–water partition coefficient (Wildman–Crippen LogP) is 3.41. The van der Waals surface area contributed by atoms with E-state index in [4.69, 9.17) is 0 Å². The van der Waals surface area contributed by atoms with Crippen molar-refractivity contribution in [2.24, 2.45) is 5.92 Å². The lowest BCUT2D eigenvalue weighted by Crippen LogP contribution is -2.42. The molecule has 1 atom stereocenters. The number of urea groups is 1. The third-order valence-corrected chi connectivity index (χ3v) is 4.09. The summed E-state index contributed by atoms with van der Waals surface area (Å²) in [5.41, 5.74) is -0.662. The number of amides is 2. The molecule has 0 radical (unpaired) electrons. The number of benzene rings is 1. The molecular formula is C16H20F2N2O3. The first-order valence-electron chi connectivity index (χ1n) is 7.59. The number of carbonyl (C=O) groups is 2. The molecule has 1 aromatic carbocycles. The zero-order chi connectivity index (χ0) is 17.0. The maximum atomic E-state index is 13.8. The molecule has 0 aliphatic carbocycles. The Kier molecular flexibility index (Phi) is 5.52. The number of hydrogen-bond acceptors (Lipinski definition) is 3. The summed E-state index contributed by atoms with van der Waals surface area (Å²) in [7, 11) is 1.10. The molecule has 1 unspecified atom stereocenters. The van der Waals surface area contributed by atoms with Crippen molar-refractivity contribution >= 4 is 17.7 Å². The highest BCUT2D eigenvalue weighted by Gasteiger charge is 2.24. The zero-order valence-corrected chi connectivity index (χ0v) is 13.2. The Labute approximate surface area is 133 Å². The van der Waals surface area contributed by atoms with Crippen LogP contribution in [0.2, 0.25) is 0 Å². The molecule has 1 aromatic rings. The highest BCUT2D eigenvalue weighted by molar-refractivity contribution is 5.94. The minimum atomic E-state index is -1.03. The number of hydrogen-bond donors (Lipinski definition) is 1. The third-order valence-electron chi connectivity index (χ3n) is 4.09. The summed E-state index contributed by atoms with van der Waals surface area (Å²) in [4.78, 5) is 25.3. The molecule has 23 heavy (non-hydrogen) atoms. The summed E-state index contributed by atoms with van der Waals surface area (Å²) in [5, 5.41) is 2.41. The molecular weight excluding hydrogens is 306 g/mol. The monoisotopic (exact) mass is 326 g/mol. The van der Waals surface area contributed by atoms with Gasteiger partial charge in [-0.15, -0.1) is 0 Å². The van der Waals surface area contributed by atoms with E-state index in [9.17, 15) is 18.4 Å². The number of nitrogens with one attached hydrogen (secondary N) is 1. The fourth-order valence-corrected chi connectivity index (χ4v) is 2.69. The molecule has 1 N–H and O–H groups in total. The van der Waals surface area contributed by atoms with E-state index in [0.29, 0.717) is 25.1 Å². The predicted molar refractivity (Wildman–Crippen MR) is 81.3 cm³/mol. The SMILES string of the molecule is CCC1CCCN(C(=O)Nc2cc(C(=O)OC)c(F)cc2F)C1. The van der Waals surface area contributed by atoms with Gasteiger partial charge in [0.15, 0.2) is 0 Å². The molecule has 2 amide bonds. The summed E-state index contributed by atoms with van der Waals surface area (Å²) >= 11 is 0. The maximum absolute atomic E-state index is 13.8. The van der Waals surface area contributed by atoms with Crippen LogP contribution >= 0.6 is 0 Å². The Hall–Kier alpha value is -2.18. The lowest BCUT2D eigenvalue weighted by Gasteiger charge is -2.32. The number of ether oxygens (including phenoxy) is 1. The van der Waals surface area contributed by atoms with E-state index in [-0.39, 0.29) is 5.69 Å². The standard InChI is InChI=1S/C16H20F2N2O3/c1-3-10-5-4-6-20(9-10)16(22)19-14-7-11(15(21)23-2)12(17)8-13(14)18/h7-8,10H,3-6,9H2,1-2H3,(H,19,22). The van der Waals surface area contributed by atoms with E-state index in [1.807, 2.05) is 0 Å². The van der Waals surface area contributed by atoms with Gasteiger partial charge in [0.1, 0.15) is 11.6 Å². The van der Waals surface area contributed by atoms with Crippen LogP contribution in [0.4, 0.5) is 19.3 Å². The Morgan fingerprint density at radius 1 is 1.35 bits per heavy atom. The van der Waals surface area contributed by atoms with Crippen LogP contribution in [0, 0.1) is 17.6 Å². The second-order valence-electron chi connectivity index (χ2n) is 5.60. The minimum Gasteiger partial charge on any atom is -0.465 e. The number of anilines is 1. The van der Waals surface area contributed by atoms with E-state index in [1.54, 1.807) is 4.90 Å². The van der Waals surface area contributed by atoms with Gasteiger partial charge in [-0.25, -0.2) is 18.4 Å². The number of nitrogens with zero attached hydrogens (tertiary/aromatic N) is 1. The van der Waals surface area contributed by atoms with Gasteiger partial charge in [-0.1, -0.05) is 13.3 Å². The van der Waals surface area contributed by atoms with Crippen LogP contribution in [-0.4, -0.2) is 37.1 Å². The summed E-state index contributed by atoms with van der Waals surface area (Å²) in [6, 6.07) is 1.06. The first-order valence-corrected chi connectivity index (χ1v) is 7.59. The number of rotatable bonds is 3. The largest absolute Gasteiger partial charge is 0.465 e. The van der Waals surface area contributed by atoms with Crippen LogP contribution in [-0.2, 0) is 4.74 Å². The maximum Gasteiger partial charge on any atom is 0.340 e. The highest BCUT2D eigenvalue weighted by Crippen LogP contribution is 2.23. The molecule has 5 nitrogen and oxygen atoms in total. The third kappa shape index (κ3) is 3.97. The topological polar surface area (TPSA) is 58.6 Å². The number of piperidine rings is 1. The van der Waals surface area contributed by atoms with Crippen LogP contribution in [0.1, 0.15) is 36.5 Å². The lowest BCUT2D eigenvalue weighted by molar-refractivity contribution is 0.0595. The van der Waals surface area contributed by atoms with Gasteiger partial charge in [0.05, 0.1) is 18.4 Å².